The summed E-state index contributed by atoms with van der Waals surface area (Å²) in [4.78, 5) is 34.8. The van der Waals surface area contributed by atoms with Gasteiger partial charge in [0.2, 0.25) is 5.91 Å². The Hall–Kier alpha value is -3.45. The smallest absolute Gasteiger partial charge is 0.419 e. The first-order valence-corrected chi connectivity index (χ1v) is 15.8. The number of ether oxygens (including phenoxy) is 2. The summed E-state index contributed by atoms with van der Waals surface area (Å²) in [7, 11) is 1.50. The van der Waals surface area contributed by atoms with Gasteiger partial charge in [0.15, 0.2) is 5.13 Å². The highest BCUT2D eigenvalue weighted by Crippen LogP contribution is 2.49. The summed E-state index contributed by atoms with van der Waals surface area (Å²) in [5.74, 6) is -2.52. The van der Waals surface area contributed by atoms with Crippen LogP contribution >= 0.6 is 11.3 Å². The SMILES string of the molecule is COc1ccc2nc(N3C4CCCC3COC4)sc2c1C(=O)N[C@@H]1[C@H]2CC[C@H](C2)[C@@H]1C(=O)Nc1ccc(F)c(C(F)(F)F)c1. The molecule has 234 valence electrons. The third-order valence-electron chi connectivity index (χ3n) is 9.71. The Labute approximate surface area is 255 Å². The molecule has 0 radical (unpaired) electrons. The minimum atomic E-state index is -4.90. The van der Waals surface area contributed by atoms with Gasteiger partial charge in [-0.2, -0.15) is 13.2 Å². The number of piperidine rings is 1. The number of amides is 2. The number of halogens is 4. The van der Waals surface area contributed by atoms with E-state index in [4.69, 9.17) is 14.5 Å². The van der Waals surface area contributed by atoms with Crippen LogP contribution < -0.4 is 20.3 Å². The molecule has 2 unspecified atom stereocenters. The standard InChI is InChI=1S/C31H32F4N4O4S/c1-42-23-10-9-22-27(44-30(37-22)39-18-3-2-4-19(39)14-43-13-18)25(23)29(41)38-26-16-6-5-15(11-16)24(26)28(40)36-17-7-8-21(32)20(12-17)31(33,34)35/h7-10,12,15-16,18-19,24,26H,2-6,11,13-14H2,1H3,(H,36,40)(H,38,41)/t15-,16+,18?,19?,24+,26-/m1/s1. The number of methoxy groups -OCH3 is 1. The molecule has 3 heterocycles. The predicted octanol–water partition coefficient (Wildman–Crippen LogP) is 6.00. The quantitative estimate of drug-likeness (QED) is 0.324. The zero-order valence-electron chi connectivity index (χ0n) is 24.0. The zero-order valence-corrected chi connectivity index (χ0v) is 24.8. The Bertz CT molecular complexity index is 1590. The first kappa shape index (κ1) is 29.3. The highest BCUT2D eigenvalue weighted by atomic mass is 32.1. The molecule has 13 heteroatoms. The maximum atomic E-state index is 14.0. The van der Waals surface area contributed by atoms with Crippen molar-refractivity contribution in [3.05, 3.63) is 47.3 Å². The first-order chi connectivity index (χ1) is 21.1. The van der Waals surface area contributed by atoms with Crippen molar-refractivity contribution in [2.75, 3.05) is 30.5 Å². The molecule has 8 nitrogen and oxygen atoms in total. The summed E-state index contributed by atoms with van der Waals surface area (Å²) in [6, 6.07) is 5.93. The fourth-order valence-electron chi connectivity index (χ4n) is 7.75. The molecule has 4 aliphatic rings. The number of thiazole rings is 1. The normalized spacial score (nSPS) is 27.9. The molecule has 2 saturated heterocycles. The average Bonchev–Trinajstić information content (AvgIpc) is 3.71. The van der Waals surface area contributed by atoms with E-state index >= 15 is 0 Å². The van der Waals surface area contributed by atoms with Crippen LogP contribution in [0.5, 0.6) is 5.75 Å². The molecule has 44 heavy (non-hydrogen) atoms. The summed E-state index contributed by atoms with van der Waals surface area (Å²) >= 11 is 1.45. The van der Waals surface area contributed by atoms with Crippen molar-refractivity contribution < 1.29 is 36.6 Å². The molecule has 2 amide bonds. The maximum Gasteiger partial charge on any atom is 0.419 e. The van der Waals surface area contributed by atoms with Gasteiger partial charge in [-0.25, -0.2) is 9.37 Å². The third-order valence-corrected chi connectivity index (χ3v) is 10.8. The van der Waals surface area contributed by atoms with Gasteiger partial charge in [-0.05, 0) is 80.7 Å². The van der Waals surface area contributed by atoms with E-state index in [9.17, 15) is 27.2 Å². The minimum Gasteiger partial charge on any atom is -0.496 e. The van der Waals surface area contributed by atoms with Crippen LogP contribution in [0.25, 0.3) is 10.2 Å². The van der Waals surface area contributed by atoms with Gasteiger partial charge >= 0.3 is 6.18 Å². The fraction of sp³-hybridized carbons (Fsp3) is 0.516. The number of benzene rings is 2. The number of nitrogens with zero attached hydrogens (tertiary/aromatic N) is 2. The van der Waals surface area contributed by atoms with Crippen molar-refractivity contribution >= 4 is 44.2 Å². The topological polar surface area (TPSA) is 92.8 Å². The van der Waals surface area contributed by atoms with Gasteiger partial charge in [0.25, 0.3) is 5.91 Å². The number of morpholine rings is 1. The molecule has 2 aromatic carbocycles. The van der Waals surface area contributed by atoms with E-state index < -0.39 is 35.4 Å². The van der Waals surface area contributed by atoms with Crippen LogP contribution in [0.15, 0.2) is 30.3 Å². The highest BCUT2D eigenvalue weighted by Gasteiger charge is 2.52. The van der Waals surface area contributed by atoms with Crippen LogP contribution in [0.3, 0.4) is 0 Å². The van der Waals surface area contributed by atoms with Crippen LogP contribution in [0, 0.1) is 23.6 Å². The van der Waals surface area contributed by atoms with Crippen molar-refractivity contribution in [2.45, 2.75) is 62.8 Å². The molecule has 2 saturated carbocycles. The fourth-order valence-corrected chi connectivity index (χ4v) is 8.99. The molecular weight excluding hydrogens is 600 g/mol. The van der Waals surface area contributed by atoms with Gasteiger partial charge < -0.3 is 25.0 Å². The first-order valence-electron chi connectivity index (χ1n) is 14.9. The summed E-state index contributed by atoms with van der Waals surface area (Å²) in [5, 5.41) is 6.51. The van der Waals surface area contributed by atoms with Crippen molar-refractivity contribution in [3.8, 4) is 5.75 Å². The Balaban J connectivity index is 1.16. The Morgan fingerprint density at radius 1 is 1.07 bits per heavy atom. The van der Waals surface area contributed by atoms with Gasteiger partial charge in [0.05, 0.1) is 54.1 Å². The van der Waals surface area contributed by atoms with Crippen molar-refractivity contribution in [1.29, 1.82) is 0 Å². The van der Waals surface area contributed by atoms with E-state index in [0.717, 1.165) is 49.7 Å². The largest absolute Gasteiger partial charge is 0.496 e. The Morgan fingerprint density at radius 3 is 2.55 bits per heavy atom. The second-order valence-electron chi connectivity index (χ2n) is 12.2. The summed E-state index contributed by atoms with van der Waals surface area (Å²) in [5.41, 5.74) is -0.562. The summed E-state index contributed by atoms with van der Waals surface area (Å²) < 4.78 is 65.8. The number of rotatable bonds is 6. The number of nitrogens with one attached hydrogen (secondary N) is 2. The van der Waals surface area contributed by atoms with Crippen LogP contribution in [0.4, 0.5) is 28.4 Å². The van der Waals surface area contributed by atoms with E-state index in [-0.39, 0.29) is 35.5 Å². The van der Waals surface area contributed by atoms with Crippen LogP contribution in [0.2, 0.25) is 0 Å². The minimum absolute atomic E-state index is 0.0266. The summed E-state index contributed by atoms with van der Waals surface area (Å²) in [6.07, 6.45) is 0.630. The van der Waals surface area contributed by atoms with Gasteiger partial charge in [-0.15, -0.1) is 0 Å². The molecule has 2 aliphatic carbocycles. The van der Waals surface area contributed by atoms with Gasteiger partial charge in [-0.3, -0.25) is 9.59 Å². The Kier molecular flexibility index (Phi) is 7.43. The van der Waals surface area contributed by atoms with Crippen molar-refractivity contribution in [1.82, 2.24) is 10.3 Å². The predicted molar refractivity (Wildman–Crippen MR) is 157 cm³/mol. The lowest BCUT2D eigenvalue weighted by Crippen LogP contribution is -2.55. The molecule has 3 aromatic rings. The zero-order chi connectivity index (χ0) is 30.7. The monoisotopic (exact) mass is 632 g/mol. The van der Waals surface area contributed by atoms with Crippen LogP contribution in [0.1, 0.15) is 54.4 Å². The number of hydrogen-bond acceptors (Lipinski definition) is 7. The number of fused-ring (bicyclic) bond motifs is 5. The van der Waals surface area contributed by atoms with E-state index in [0.29, 0.717) is 46.9 Å². The second kappa shape index (κ2) is 11.2. The number of carbonyl (C=O) groups excluding carboxylic acids is 2. The lowest BCUT2D eigenvalue weighted by molar-refractivity contribution is -0.140. The molecule has 2 N–H and O–H groups in total. The molecular formula is C31H32F4N4O4S. The lowest BCUT2D eigenvalue weighted by Gasteiger charge is -2.45. The van der Waals surface area contributed by atoms with Gasteiger partial charge in [0, 0.05) is 11.7 Å². The highest BCUT2D eigenvalue weighted by molar-refractivity contribution is 7.22. The second-order valence-corrected chi connectivity index (χ2v) is 13.2. The van der Waals surface area contributed by atoms with Crippen LogP contribution in [-0.4, -0.2) is 55.2 Å². The number of alkyl halides is 3. The number of anilines is 2. The van der Waals surface area contributed by atoms with E-state index in [2.05, 4.69) is 15.5 Å². The van der Waals surface area contributed by atoms with Gasteiger partial charge in [0.1, 0.15) is 17.1 Å². The molecule has 4 bridgehead atoms. The van der Waals surface area contributed by atoms with E-state index in [1.807, 2.05) is 6.07 Å². The van der Waals surface area contributed by atoms with Crippen LogP contribution in [-0.2, 0) is 15.7 Å². The van der Waals surface area contributed by atoms with E-state index in [1.165, 1.54) is 18.4 Å². The molecule has 6 atom stereocenters. The molecule has 4 fully saturated rings. The molecule has 7 rings (SSSR count). The van der Waals surface area contributed by atoms with E-state index in [1.54, 1.807) is 6.07 Å². The summed E-state index contributed by atoms with van der Waals surface area (Å²) in [6.45, 7) is 1.29. The number of hydrogen-bond donors (Lipinski definition) is 2. The third kappa shape index (κ3) is 5.07. The number of aromatic nitrogens is 1. The molecule has 2 aliphatic heterocycles. The van der Waals surface area contributed by atoms with Gasteiger partial charge in [-0.1, -0.05) is 11.3 Å². The molecule has 1 aromatic heterocycles. The molecule has 0 spiro atoms. The Morgan fingerprint density at radius 2 is 1.82 bits per heavy atom. The average molecular weight is 633 g/mol. The van der Waals surface area contributed by atoms with Crippen molar-refractivity contribution in [3.63, 3.8) is 0 Å². The lowest BCUT2D eigenvalue weighted by atomic mass is 9.83. The maximum absolute atomic E-state index is 14.0. The van der Waals surface area contributed by atoms with Crippen molar-refractivity contribution in [2.24, 2.45) is 17.8 Å². The number of carbonyl (C=O) groups is 2.